The molecule has 27 heavy (non-hydrogen) atoms. The fraction of sp³-hybridized carbons (Fsp3) is 0.455. The first-order chi connectivity index (χ1) is 13.2. The number of aliphatic hydroxyl groups excluding tert-OH is 1. The van der Waals surface area contributed by atoms with Gasteiger partial charge in [-0.15, -0.1) is 0 Å². The van der Waals surface area contributed by atoms with E-state index in [0.717, 1.165) is 57.2 Å². The molecule has 1 aliphatic heterocycles. The highest BCUT2D eigenvalue weighted by Gasteiger charge is 2.21. The molecule has 3 rings (SSSR count). The number of rotatable bonds is 8. The summed E-state index contributed by atoms with van der Waals surface area (Å²) in [7, 11) is 1.65. The van der Waals surface area contributed by atoms with Crippen LogP contribution in [0.1, 0.15) is 12.0 Å². The normalized spacial score (nSPS) is 18.8. The van der Waals surface area contributed by atoms with Gasteiger partial charge in [0.25, 0.3) is 0 Å². The number of aliphatic hydroxyl groups is 1. The predicted molar refractivity (Wildman–Crippen MR) is 107 cm³/mol. The molecule has 0 unspecified atom stereocenters. The highest BCUT2D eigenvalue weighted by atomic mass is 16.5. The molecular formula is C22H30N2O3. The Morgan fingerprint density at radius 1 is 0.926 bits per heavy atom. The summed E-state index contributed by atoms with van der Waals surface area (Å²) >= 11 is 0. The largest absolute Gasteiger partial charge is 0.493 e. The van der Waals surface area contributed by atoms with Crippen LogP contribution < -0.4 is 9.47 Å². The number of ether oxygens (including phenoxy) is 2. The number of hydrogen-bond donors (Lipinski definition) is 1. The van der Waals surface area contributed by atoms with Gasteiger partial charge >= 0.3 is 0 Å². The second kappa shape index (κ2) is 10.3. The van der Waals surface area contributed by atoms with Crippen molar-refractivity contribution < 1.29 is 14.6 Å². The van der Waals surface area contributed by atoms with E-state index < -0.39 is 0 Å². The summed E-state index contributed by atoms with van der Waals surface area (Å²) in [6.07, 6.45) is 0.607. The van der Waals surface area contributed by atoms with Gasteiger partial charge in [-0.2, -0.15) is 0 Å². The highest BCUT2D eigenvalue weighted by Crippen LogP contribution is 2.25. The van der Waals surface area contributed by atoms with Gasteiger partial charge in [0, 0.05) is 39.3 Å². The Labute approximate surface area is 162 Å². The maximum atomic E-state index is 10.4. The lowest BCUT2D eigenvalue weighted by Gasteiger charge is -2.21. The van der Waals surface area contributed by atoms with Crippen molar-refractivity contribution in [2.45, 2.75) is 19.1 Å². The van der Waals surface area contributed by atoms with Gasteiger partial charge in [-0.3, -0.25) is 9.80 Å². The van der Waals surface area contributed by atoms with Gasteiger partial charge in [0.15, 0.2) is 11.5 Å². The van der Waals surface area contributed by atoms with E-state index in [0.29, 0.717) is 6.61 Å². The average molecular weight is 370 g/mol. The lowest BCUT2D eigenvalue weighted by molar-refractivity contribution is 0.106. The van der Waals surface area contributed by atoms with Crippen molar-refractivity contribution in [1.29, 1.82) is 0 Å². The molecule has 5 nitrogen and oxygen atoms in total. The van der Waals surface area contributed by atoms with E-state index in [1.807, 2.05) is 30.3 Å². The van der Waals surface area contributed by atoms with Crippen molar-refractivity contribution in [2.75, 3.05) is 46.4 Å². The van der Waals surface area contributed by atoms with Crippen molar-refractivity contribution in [1.82, 2.24) is 9.80 Å². The van der Waals surface area contributed by atoms with Gasteiger partial charge in [-0.25, -0.2) is 0 Å². The molecule has 0 aliphatic carbocycles. The smallest absolute Gasteiger partial charge is 0.161 e. The second-order valence-corrected chi connectivity index (χ2v) is 7.03. The molecule has 0 saturated carbocycles. The zero-order valence-electron chi connectivity index (χ0n) is 16.1. The molecule has 146 valence electrons. The minimum Gasteiger partial charge on any atom is -0.493 e. The number of nitrogens with zero attached hydrogens (tertiary/aromatic N) is 2. The molecular weight excluding hydrogens is 340 g/mol. The van der Waals surface area contributed by atoms with Crippen molar-refractivity contribution in [2.24, 2.45) is 0 Å². The average Bonchev–Trinajstić information content (AvgIpc) is 2.87. The van der Waals surface area contributed by atoms with Crippen LogP contribution in [-0.2, 0) is 6.54 Å². The van der Waals surface area contributed by atoms with E-state index in [1.54, 1.807) is 7.11 Å². The summed E-state index contributed by atoms with van der Waals surface area (Å²) in [6, 6.07) is 18.2. The molecule has 0 spiro atoms. The van der Waals surface area contributed by atoms with Crippen LogP contribution in [0.5, 0.6) is 11.5 Å². The fourth-order valence-corrected chi connectivity index (χ4v) is 3.52. The van der Waals surface area contributed by atoms with Crippen LogP contribution in [0, 0.1) is 0 Å². The molecule has 5 heteroatoms. The van der Waals surface area contributed by atoms with Crippen LogP contribution >= 0.6 is 0 Å². The predicted octanol–water partition coefficient (Wildman–Crippen LogP) is 2.64. The van der Waals surface area contributed by atoms with E-state index in [9.17, 15) is 5.11 Å². The first-order valence-corrected chi connectivity index (χ1v) is 9.67. The molecule has 1 fully saturated rings. The topological polar surface area (TPSA) is 45.2 Å². The molecule has 0 aromatic heterocycles. The monoisotopic (exact) mass is 370 g/mol. The standard InChI is InChI=1S/C22H30N2O3/c1-26-21-10-5-6-11-22(21)27-15-7-12-23-13-14-24(18-20(25)17-23)16-19-8-3-2-4-9-19/h2-6,8-11,20,25H,7,12-18H2,1H3/t20-/m1/s1. The van der Waals surface area contributed by atoms with Crippen LogP contribution in [0.3, 0.4) is 0 Å². The zero-order valence-corrected chi connectivity index (χ0v) is 16.1. The quantitative estimate of drug-likeness (QED) is 0.724. The Morgan fingerprint density at radius 2 is 1.59 bits per heavy atom. The summed E-state index contributed by atoms with van der Waals surface area (Å²) in [5.41, 5.74) is 1.29. The molecule has 0 radical (unpaired) electrons. The second-order valence-electron chi connectivity index (χ2n) is 7.03. The lowest BCUT2D eigenvalue weighted by Crippen LogP contribution is -2.34. The SMILES string of the molecule is COc1ccccc1OCCCN1CCN(Cc2ccccc2)C[C@H](O)C1. The minimum atomic E-state index is -0.314. The Morgan fingerprint density at radius 3 is 2.37 bits per heavy atom. The minimum absolute atomic E-state index is 0.314. The summed E-state index contributed by atoms with van der Waals surface area (Å²) in [5, 5.41) is 10.4. The molecule has 1 atom stereocenters. The Bertz CT molecular complexity index is 680. The van der Waals surface area contributed by atoms with Crippen LogP contribution in [0.15, 0.2) is 54.6 Å². The number of hydrogen-bond acceptors (Lipinski definition) is 5. The van der Waals surface area contributed by atoms with E-state index in [2.05, 4.69) is 34.1 Å². The summed E-state index contributed by atoms with van der Waals surface area (Å²) in [4.78, 5) is 4.67. The van der Waals surface area contributed by atoms with Gasteiger partial charge in [0.1, 0.15) is 0 Å². The molecule has 1 N–H and O–H groups in total. The van der Waals surface area contributed by atoms with Gasteiger partial charge < -0.3 is 14.6 Å². The lowest BCUT2D eigenvalue weighted by atomic mass is 10.2. The highest BCUT2D eigenvalue weighted by molar-refractivity contribution is 5.39. The molecule has 1 aliphatic rings. The third-order valence-corrected chi connectivity index (χ3v) is 4.86. The number of para-hydroxylation sites is 2. The van der Waals surface area contributed by atoms with Gasteiger partial charge in [-0.1, -0.05) is 42.5 Å². The Kier molecular flexibility index (Phi) is 7.51. The van der Waals surface area contributed by atoms with E-state index in [-0.39, 0.29) is 6.10 Å². The number of β-amino-alcohol motifs (C(OH)–C–C–N with tert-alkyl or cyclic N) is 1. The van der Waals surface area contributed by atoms with Crippen molar-refractivity contribution in [3.63, 3.8) is 0 Å². The van der Waals surface area contributed by atoms with E-state index in [4.69, 9.17) is 9.47 Å². The zero-order chi connectivity index (χ0) is 18.9. The summed E-state index contributed by atoms with van der Waals surface area (Å²) < 4.78 is 11.2. The van der Waals surface area contributed by atoms with E-state index in [1.165, 1.54) is 5.56 Å². The molecule has 2 aromatic rings. The molecule has 0 amide bonds. The molecule has 1 heterocycles. The third-order valence-electron chi connectivity index (χ3n) is 4.86. The molecule has 0 bridgehead atoms. The van der Waals surface area contributed by atoms with Crippen LogP contribution in [-0.4, -0.2) is 67.5 Å². The summed E-state index contributed by atoms with van der Waals surface area (Å²) in [5.74, 6) is 1.55. The first-order valence-electron chi connectivity index (χ1n) is 9.67. The maximum Gasteiger partial charge on any atom is 0.161 e. The number of methoxy groups -OCH3 is 1. The van der Waals surface area contributed by atoms with E-state index >= 15 is 0 Å². The van der Waals surface area contributed by atoms with Gasteiger partial charge in [-0.05, 0) is 24.1 Å². The van der Waals surface area contributed by atoms with Crippen LogP contribution in [0.2, 0.25) is 0 Å². The van der Waals surface area contributed by atoms with Crippen molar-refractivity contribution >= 4 is 0 Å². The maximum absolute atomic E-state index is 10.4. The Balaban J connectivity index is 1.42. The molecule has 2 aromatic carbocycles. The number of benzene rings is 2. The van der Waals surface area contributed by atoms with Crippen LogP contribution in [0.25, 0.3) is 0 Å². The fourth-order valence-electron chi connectivity index (χ4n) is 3.52. The molecule has 1 saturated heterocycles. The Hall–Kier alpha value is -2.08. The van der Waals surface area contributed by atoms with Crippen molar-refractivity contribution in [3.8, 4) is 11.5 Å². The summed E-state index contributed by atoms with van der Waals surface area (Å²) in [6.45, 7) is 5.84. The van der Waals surface area contributed by atoms with Gasteiger partial charge in [0.2, 0.25) is 0 Å². The van der Waals surface area contributed by atoms with Crippen LogP contribution in [0.4, 0.5) is 0 Å². The van der Waals surface area contributed by atoms with Gasteiger partial charge in [0.05, 0.1) is 19.8 Å². The first kappa shape index (κ1) is 19.7. The van der Waals surface area contributed by atoms with Crippen molar-refractivity contribution in [3.05, 3.63) is 60.2 Å². The third kappa shape index (κ3) is 6.24.